The van der Waals surface area contributed by atoms with Crippen molar-refractivity contribution < 1.29 is 23.1 Å². The average molecular weight is 499 g/mol. The first-order valence-corrected chi connectivity index (χ1v) is 11.7. The number of hydrogen-bond donors (Lipinski definition) is 2. The molecule has 4 rings (SSSR count). The fraction of sp³-hybridized carbons (Fsp3) is 0.259. The molecule has 1 atom stereocenters. The molecule has 1 fully saturated rings. The third-order valence-corrected chi connectivity index (χ3v) is 6.05. The summed E-state index contributed by atoms with van der Waals surface area (Å²) in [6.07, 6.45) is 1.79. The summed E-state index contributed by atoms with van der Waals surface area (Å²) in [5.41, 5.74) is 1.72. The molecule has 0 saturated carbocycles. The molecule has 1 saturated heterocycles. The molecule has 1 aliphatic rings. The highest BCUT2D eigenvalue weighted by molar-refractivity contribution is 6.32. The second-order valence-electron chi connectivity index (χ2n) is 8.56. The van der Waals surface area contributed by atoms with Crippen LogP contribution in [0.15, 0.2) is 54.6 Å². The minimum atomic E-state index is -0.538. The summed E-state index contributed by atoms with van der Waals surface area (Å²) in [5, 5.41) is 6.17. The molecule has 3 aromatic rings. The molecular formula is C27H25ClF2N2O3. The molecule has 0 radical (unpaired) electrons. The molecule has 3 aromatic carbocycles. The van der Waals surface area contributed by atoms with Crippen molar-refractivity contribution in [3.05, 3.63) is 82.4 Å². The zero-order valence-corrected chi connectivity index (χ0v) is 19.9. The van der Waals surface area contributed by atoms with Gasteiger partial charge >= 0.3 is 0 Å². The van der Waals surface area contributed by atoms with E-state index < -0.39 is 17.5 Å². The number of ketones is 1. The number of carbonyl (C=O) groups excluding carboxylic acids is 2. The van der Waals surface area contributed by atoms with Gasteiger partial charge in [0.1, 0.15) is 29.3 Å². The molecule has 8 heteroatoms. The molecule has 0 aromatic heterocycles. The normalized spacial score (nSPS) is 15.5. The van der Waals surface area contributed by atoms with Gasteiger partial charge in [-0.2, -0.15) is 0 Å². The van der Waals surface area contributed by atoms with Gasteiger partial charge < -0.3 is 15.4 Å². The van der Waals surface area contributed by atoms with Crippen LogP contribution < -0.4 is 15.4 Å². The Hall–Kier alpha value is -3.29. The van der Waals surface area contributed by atoms with Crippen LogP contribution >= 0.6 is 11.6 Å². The number of hydrogen-bond acceptors (Lipinski definition) is 4. The lowest BCUT2D eigenvalue weighted by atomic mass is 10.0. The number of rotatable bonds is 7. The van der Waals surface area contributed by atoms with Crippen molar-refractivity contribution in [1.29, 1.82) is 0 Å². The standard InChI is InChI=1S/C27H25ClF2N2O3/c1-16(33)10-19-12-20(29)7-8-25(19)32-27(34)18-5-2-4-17(11-18)22-13-26(23(28)14-24(22)30)35-21-6-3-9-31-15-21/h2,4-5,7-8,11-14,21,31H,3,6,9-10,15H2,1H3,(H,32,34)/t21-/m1/s1. The molecular weight excluding hydrogens is 474 g/mol. The number of halogens is 3. The quantitative estimate of drug-likeness (QED) is 0.432. The second-order valence-corrected chi connectivity index (χ2v) is 8.97. The monoisotopic (exact) mass is 498 g/mol. The van der Waals surface area contributed by atoms with Crippen LogP contribution in [-0.4, -0.2) is 30.9 Å². The smallest absolute Gasteiger partial charge is 0.255 e. The molecule has 0 aliphatic carbocycles. The lowest BCUT2D eigenvalue weighted by Gasteiger charge is -2.24. The largest absolute Gasteiger partial charge is 0.488 e. The van der Waals surface area contributed by atoms with Crippen LogP contribution in [0.5, 0.6) is 5.75 Å². The molecule has 1 amide bonds. The van der Waals surface area contributed by atoms with Crippen LogP contribution in [-0.2, 0) is 11.2 Å². The number of benzene rings is 3. The highest BCUT2D eigenvalue weighted by atomic mass is 35.5. The van der Waals surface area contributed by atoms with Gasteiger partial charge in [-0.15, -0.1) is 0 Å². The van der Waals surface area contributed by atoms with Crippen molar-refractivity contribution in [3.8, 4) is 16.9 Å². The van der Waals surface area contributed by atoms with Gasteiger partial charge in [-0.25, -0.2) is 8.78 Å². The molecule has 35 heavy (non-hydrogen) atoms. The number of amides is 1. The van der Waals surface area contributed by atoms with Crippen molar-refractivity contribution in [2.24, 2.45) is 0 Å². The number of ether oxygens (including phenoxy) is 1. The van der Waals surface area contributed by atoms with E-state index in [9.17, 15) is 18.4 Å². The van der Waals surface area contributed by atoms with E-state index >= 15 is 0 Å². The Morgan fingerprint density at radius 3 is 2.71 bits per heavy atom. The summed E-state index contributed by atoms with van der Waals surface area (Å²) in [4.78, 5) is 24.5. The van der Waals surface area contributed by atoms with E-state index in [-0.39, 0.29) is 34.5 Å². The van der Waals surface area contributed by atoms with Crippen molar-refractivity contribution in [2.45, 2.75) is 32.3 Å². The van der Waals surface area contributed by atoms with Crippen LogP contribution in [0.2, 0.25) is 5.02 Å². The SMILES string of the molecule is CC(=O)Cc1cc(F)ccc1NC(=O)c1cccc(-c2cc(O[C@@H]3CCCNC3)c(Cl)cc2F)c1. The molecule has 2 N–H and O–H groups in total. The lowest BCUT2D eigenvalue weighted by molar-refractivity contribution is -0.116. The number of anilines is 1. The topological polar surface area (TPSA) is 67.4 Å². The van der Waals surface area contributed by atoms with E-state index in [2.05, 4.69) is 10.6 Å². The Labute approximate surface area is 207 Å². The highest BCUT2D eigenvalue weighted by Crippen LogP contribution is 2.35. The summed E-state index contributed by atoms with van der Waals surface area (Å²) in [5.74, 6) is -1.28. The van der Waals surface area contributed by atoms with Crippen LogP contribution in [0.25, 0.3) is 11.1 Å². The van der Waals surface area contributed by atoms with E-state index in [0.717, 1.165) is 19.4 Å². The predicted molar refractivity (Wildman–Crippen MR) is 132 cm³/mol. The van der Waals surface area contributed by atoms with Crippen molar-refractivity contribution in [1.82, 2.24) is 5.32 Å². The van der Waals surface area contributed by atoms with Gasteiger partial charge in [0.25, 0.3) is 5.91 Å². The summed E-state index contributed by atoms with van der Waals surface area (Å²) in [7, 11) is 0. The Morgan fingerprint density at radius 1 is 1.14 bits per heavy atom. The summed E-state index contributed by atoms with van der Waals surface area (Å²) >= 11 is 6.24. The first kappa shape index (κ1) is 24.8. The van der Waals surface area contributed by atoms with Crippen molar-refractivity contribution >= 4 is 29.0 Å². The van der Waals surface area contributed by atoms with Crippen LogP contribution in [0.3, 0.4) is 0 Å². The predicted octanol–water partition coefficient (Wildman–Crippen LogP) is 5.80. The van der Waals surface area contributed by atoms with E-state index in [0.29, 0.717) is 29.1 Å². The Kier molecular flexibility index (Phi) is 7.78. The molecule has 0 spiro atoms. The summed E-state index contributed by atoms with van der Waals surface area (Å²) in [6.45, 7) is 3.02. The van der Waals surface area contributed by atoms with Gasteiger partial charge in [0.2, 0.25) is 0 Å². The maximum Gasteiger partial charge on any atom is 0.255 e. The van der Waals surface area contributed by atoms with Gasteiger partial charge in [0.05, 0.1) is 5.02 Å². The van der Waals surface area contributed by atoms with Gasteiger partial charge in [-0.1, -0.05) is 23.7 Å². The Morgan fingerprint density at radius 2 is 1.97 bits per heavy atom. The third-order valence-electron chi connectivity index (χ3n) is 5.76. The Bertz CT molecular complexity index is 1260. The van der Waals surface area contributed by atoms with E-state index in [1.165, 1.54) is 31.2 Å². The number of Topliss-reactive ketones (excluding diaryl/α,β-unsaturated/α-hetero) is 1. The first-order valence-electron chi connectivity index (χ1n) is 11.4. The minimum Gasteiger partial charge on any atom is -0.488 e. The molecule has 182 valence electrons. The van der Waals surface area contributed by atoms with Crippen molar-refractivity contribution in [3.63, 3.8) is 0 Å². The van der Waals surface area contributed by atoms with Crippen LogP contribution in [0.4, 0.5) is 14.5 Å². The third kappa shape index (κ3) is 6.24. The molecule has 5 nitrogen and oxygen atoms in total. The van der Waals surface area contributed by atoms with Crippen LogP contribution in [0, 0.1) is 11.6 Å². The Balaban J connectivity index is 1.59. The maximum atomic E-state index is 14.9. The van der Waals surface area contributed by atoms with Gasteiger partial charge in [0.15, 0.2) is 0 Å². The zero-order chi connectivity index (χ0) is 24.9. The summed E-state index contributed by atoms with van der Waals surface area (Å²) < 4.78 is 34.5. The number of nitrogens with one attached hydrogen (secondary N) is 2. The van der Waals surface area contributed by atoms with E-state index in [1.54, 1.807) is 30.3 Å². The van der Waals surface area contributed by atoms with Gasteiger partial charge in [-0.05, 0) is 79.9 Å². The van der Waals surface area contributed by atoms with Gasteiger partial charge in [0, 0.05) is 29.8 Å². The average Bonchev–Trinajstić information content (AvgIpc) is 2.83. The minimum absolute atomic E-state index is 0.0112. The van der Waals surface area contributed by atoms with Crippen molar-refractivity contribution in [2.75, 3.05) is 18.4 Å². The second kappa shape index (κ2) is 11.0. The molecule has 0 unspecified atom stereocenters. The molecule has 1 aliphatic heterocycles. The fourth-order valence-corrected chi connectivity index (χ4v) is 4.26. The highest BCUT2D eigenvalue weighted by Gasteiger charge is 2.19. The van der Waals surface area contributed by atoms with Gasteiger partial charge in [-0.3, -0.25) is 9.59 Å². The fourth-order valence-electron chi connectivity index (χ4n) is 4.06. The first-order chi connectivity index (χ1) is 16.8. The zero-order valence-electron chi connectivity index (χ0n) is 19.2. The van der Waals surface area contributed by atoms with E-state index in [4.69, 9.17) is 16.3 Å². The van der Waals surface area contributed by atoms with Crippen LogP contribution in [0.1, 0.15) is 35.7 Å². The molecule has 1 heterocycles. The number of piperidine rings is 1. The molecule has 0 bridgehead atoms. The number of carbonyl (C=O) groups is 2. The summed E-state index contributed by atoms with van der Waals surface area (Å²) in [6, 6.07) is 13.1. The van der Waals surface area contributed by atoms with E-state index in [1.807, 2.05) is 0 Å². The lowest BCUT2D eigenvalue weighted by Crippen LogP contribution is -2.37. The maximum absolute atomic E-state index is 14.9.